The molecule has 1 aromatic carbocycles. The van der Waals surface area contributed by atoms with Crippen molar-refractivity contribution >= 4 is 33.7 Å². The van der Waals surface area contributed by atoms with E-state index >= 15 is 0 Å². The number of anilines is 1. The number of hydrogen-bond donors (Lipinski definition) is 2. The average molecular weight is 501 g/mol. The number of benzene rings is 1. The molecule has 2 aliphatic carbocycles. The van der Waals surface area contributed by atoms with Crippen LogP contribution in [0, 0.1) is 12.3 Å². The second-order valence-electron chi connectivity index (χ2n) is 10.3. The molecule has 9 nitrogen and oxygen atoms in total. The van der Waals surface area contributed by atoms with E-state index in [2.05, 4.69) is 41.8 Å². The van der Waals surface area contributed by atoms with Crippen LogP contribution in [0.5, 0.6) is 0 Å². The molecule has 5 aromatic rings. The maximum Gasteiger partial charge on any atom is 0.289 e. The molecule has 9 heteroatoms. The molecule has 0 atom stereocenters. The van der Waals surface area contributed by atoms with Gasteiger partial charge in [0.2, 0.25) is 5.82 Å². The van der Waals surface area contributed by atoms with Gasteiger partial charge in [-0.05, 0) is 50.3 Å². The van der Waals surface area contributed by atoms with Crippen molar-refractivity contribution in [2.75, 3.05) is 5.73 Å². The van der Waals surface area contributed by atoms with E-state index in [0.717, 1.165) is 59.5 Å². The predicted molar refractivity (Wildman–Crippen MR) is 144 cm³/mol. The molecule has 7 rings (SSSR count). The van der Waals surface area contributed by atoms with Gasteiger partial charge in [-0.3, -0.25) is 9.78 Å². The highest BCUT2D eigenvalue weighted by molar-refractivity contribution is 6.04. The standard InChI is InChI=1S/C29H24N8O/c1-2-21-22(19-14-18-6-3-4-7-20(18)33-15-19)23-24(30)34-17-35-26(23)37(21)29-10-8-28(16-29,9-11-29)36-27(38)25-31-12-5-13-32-25/h1,3-7,12-15,17H,8-11,16H2,(H,36,38)(H2,30,34,35). The van der Waals surface area contributed by atoms with Gasteiger partial charge >= 0.3 is 0 Å². The molecule has 2 bridgehead atoms. The first-order valence-electron chi connectivity index (χ1n) is 12.6. The number of nitrogen functional groups attached to an aromatic ring is 1. The zero-order valence-electron chi connectivity index (χ0n) is 20.6. The third kappa shape index (κ3) is 3.20. The van der Waals surface area contributed by atoms with E-state index in [0.29, 0.717) is 17.2 Å². The lowest BCUT2D eigenvalue weighted by molar-refractivity contribution is 0.0890. The highest BCUT2D eigenvalue weighted by Crippen LogP contribution is 2.57. The van der Waals surface area contributed by atoms with Gasteiger partial charge in [0.05, 0.1) is 10.9 Å². The number of nitrogens with one attached hydrogen (secondary N) is 1. The number of pyridine rings is 1. The molecule has 2 saturated carbocycles. The fourth-order valence-corrected chi connectivity index (χ4v) is 6.58. The molecule has 0 aliphatic heterocycles. The Morgan fingerprint density at radius 1 is 1.03 bits per heavy atom. The summed E-state index contributed by atoms with van der Waals surface area (Å²) >= 11 is 0. The summed E-state index contributed by atoms with van der Waals surface area (Å²) in [6, 6.07) is 11.7. The molecule has 3 N–H and O–H groups in total. The molecule has 0 unspecified atom stereocenters. The van der Waals surface area contributed by atoms with E-state index in [4.69, 9.17) is 17.1 Å². The molecule has 4 aromatic heterocycles. The van der Waals surface area contributed by atoms with Gasteiger partial charge in [0.1, 0.15) is 23.5 Å². The Bertz CT molecular complexity index is 1780. The van der Waals surface area contributed by atoms with Crippen molar-refractivity contribution in [2.24, 2.45) is 0 Å². The second-order valence-corrected chi connectivity index (χ2v) is 10.3. The highest BCUT2D eigenvalue weighted by Gasteiger charge is 2.57. The first kappa shape index (κ1) is 22.4. The van der Waals surface area contributed by atoms with Gasteiger partial charge in [0.25, 0.3) is 5.91 Å². The van der Waals surface area contributed by atoms with Gasteiger partial charge in [-0.15, -0.1) is 6.42 Å². The third-order valence-electron chi connectivity index (χ3n) is 8.22. The van der Waals surface area contributed by atoms with Gasteiger partial charge < -0.3 is 15.6 Å². The molecular weight excluding hydrogens is 476 g/mol. The van der Waals surface area contributed by atoms with Crippen LogP contribution in [0.15, 0.2) is 61.3 Å². The van der Waals surface area contributed by atoms with E-state index < -0.39 is 0 Å². The van der Waals surface area contributed by atoms with Crippen molar-refractivity contribution in [1.29, 1.82) is 0 Å². The molecule has 0 spiro atoms. The Hall–Kier alpha value is -4.84. The number of amides is 1. The Labute approximate surface area is 218 Å². The summed E-state index contributed by atoms with van der Waals surface area (Å²) in [7, 11) is 0. The SMILES string of the molecule is C#Cc1c(-c2cnc3ccccc3c2)c2c(N)ncnc2n1C12CCC(NC(=O)c3ncccn3)(CC1)C2. The number of nitrogens with two attached hydrogens (primary N) is 1. The summed E-state index contributed by atoms with van der Waals surface area (Å²) < 4.78 is 2.19. The van der Waals surface area contributed by atoms with Crippen LogP contribution >= 0.6 is 0 Å². The number of terminal acetylenes is 1. The molecule has 1 amide bonds. The zero-order valence-corrected chi connectivity index (χ0v) is 20.6. The molecule has 38 heavy (non-hydrogen) atoms. The molecule has 186 valence electrons. The van der Waals surface area contributed by atoms with Crippen molar-refractivity contribution in [3.05, 3.63) is 72.8 Å². The minimum absolute atomic E-state index is 0.175. The lowest BCUT2D eigenvalue weighted by atomic mass is 9.90. The van der Waals surface area contributed by atoms with E-state index in [1.807, 2.05) is 30.5 Å². The maximum atomic E-state index is 13.0. The molecule has 0 radical (unpaired) electrons. The smallest absolute Gasteiger partial charge is 0.289 e. The van der Waals surface area contributed by atoms with Crippen LogP contribution < -0.4 is 11.1 Å². The van der Waals surface area contributed by atoms with Crippen LogP contribution in [0.1, 0.15) is 48.4 Å². The van der Waals surface area contributed by atoms with E-state index in [9.17, 15) is 4.79 Å². The van der Waals surface area contributed by atoms with E-state index in [1.165, 1.54) is 6.33 Å². The van der Waals surface area contributed by atoms with Crippen molar-refractivity contribution in [3.63, 3.8) is 0 Å². The minimum atomic E-state index is -0.359. The monoisotopic (exact) mass is 500 g/mol. The summed E-state index contributed by atoms with van der Waals surface area (Å²) in [6.45, 7) is 0. The number of aromatic nitrogens is 6. The number of hydrogen-bond acceptors (Lipinski definition) is 7. The molecule has 0 saturated heterocycles. The average Bonchev–Trinajstić information content (AvgIpc) is 3.62. The third-order valence-corrected chi connectivity index (χ3v) is 8.22. The summed E-state index contributed by atoms with van der Waals surface area (Å²) in [5.41, 5.74) is 9.81. The van der Waals surface area contributed by atoms with Gasteiger partial charge in [0.15, 0.2) is 0 Å². The Kier molecular flexibility index (Phi) is 4.76. The van der Waals surface area contributed by atoms with Gasteiger partial charge in [-0.25, -0.2) is 19.9 Å². The largest absolute Gasteiger partial charge is 0.383 e. The maximum absolute atomic E-state index is 13.0. The molecule has 2 fully saturated rings. The Morgan fingerprint density at radius 3 is 2.61 bits per heavy atom. The first-order chi connectivity index (χ1) is 18.5. The predicted octanol–water partition coefficient (Wildman–Crippen LogP) is 3.84. The van der Waals surface area contributed by atoms with Crippen molar-refractivity contribution in [3.8, 4) is 23.5 Å². The van der Waals surface area contributed by atoms with Crippen LogP contribution in [0.3, 0.4) is 0 Å². The van der Waals surface area contributed by atoms with Crippen molar-refractivity contribution < 1.29 is 4.79 Å². The van der Waals surface area contributed by atoms with E-state index in [-0.39, 0.29) is 22.8 Å². The number of fused-ring (bicyclic) bond motifs is 4. The Balaban J connectivity index is 1.37. The van der Waals surface area contributed by atoms with Crippen LogP contribution in [0.2, 0.25) is 0 Å². The topological polar surface area (TPSA) is 124 Å². The van der Waals surface area contributed by atoms with Crippen LogP contribution in [0.4, 0.5) is 5.82 Å². The van der Waals surface area contributed by atoms with E-state index in [1.54, 1.807) is 18.5 Å². The van der Waals surface area contributed by atoms with Crippen LogP contribution in [-0.2, 0) is 5.54 Å². The number of para-hydroxylation sites is 1. The Morgan fingerprint density at radius 2 is 1.82 bits per heavy atom. The molecule has 2 aliphatic rings. The quantitative estimate of drug-likeness (QED) is 0.359. The first-order valence-corrected chi connectivity index (χ1v) is 12.6. The lowest BCUT2D eigenvalue weighted by Gasteiger charge is -2.30. The molecular formula is C29H24N8O. The zero-order chi connectivity index (χ0) is 25.9. The van der Waals surface area contributed by atoms with Crippen LogP contribution in [0.25, 0.3) is 33.1 Å². The summed E-state index contributed by atoms with van der Waals surface area (Å²) in [4.78, 5) is 34.9. The normalized spacial score (nSPS) is 22.1. The highest BCUT2D eigenvalue weighted by atomic mass is 16.2. The van der Waals surface area contributed by atoms with Gasteiger partial charge in [-0.2, -0.15) is 0 Å². The van der Waals surface area contributed by atoms with Crippen molar-refractivity contribution in [1.82, 2.24) is 34.8 Å². The summed E-state index contributed by atoms with van der Waals surface area (Å²) in [5.74, 6) is 3.26. The second kappa shape index (κ2) is 8.08. The number of nitrogens with zero attached hydrogens (tertiary/aromatic N) is 6. The van der Waals surface area contributed by atoms with Gasteiger partial charge in [0, 0.05) is 46.2 Å². The van der Waals surface area contributed by atoms with Crippen molar-refractivity contribution in [2.45, 2.75) is 43.2 Å². The fraction of sp³-hybridized carbons (Fsp3) is 0.241. The number of carbonyl (C=O) groups is 1. The summed E-state index contributed by atoms with van der Waals surface area (Å²) in [5, 5.41) is 5.00. The number of carbonyl (C=O) groups excluding carboxylic acids is 1. The lowest BCUT2D eigenvalue weighted by Crippen LogP contribution is -2.45. The summed E-state index contributed by atoms with van der Waals surface area (Å²) in [6.07, 6.45) is 16.8. The van der Waals surface area contributed by atoms with Crippen LogP contribution in [-0.4, -0.2) is 40.9 Å². The molecule has 4 heterocycles. The van der Waals surface area contributed by atoms with Gasteiger partial charge in [-0.1, -0.05) is 24.1 Å². The number of rotatable bonds is 4. The minimum Gasteiger partial charge on any atom is -0.383 e. The fourth-order valence-electron chi connectivity index (χ4n) is 6.58.